The average molecular weight is 215 g/mol. The molecule has 1 N–H and O–H groups in total. The van der Waals surface area contributed by atoms with Crippen LogP contribution in [0.25, 0.3) is 0 Å². The van der Waals surface area contributed by atoms with Crippen molar-refractivity contribution in [1.29, 1.82) is 0 Å². The molecule has 1 heterocycles. The summed E-state index contributed by atoms with van der Waals surface area (Å²) >= 11 is 0. The van der Waals surface area contributed by atoms with Crippen molar-refractivity contribution in [3.8, 4) is 0 Å². The van der Waals surface area contributed by atoms with E-state index in [0.29, 0.717) is 6.04 Å². The topological polar surface area (TPSA) is 30.5 Å². The summed E-state index contributed by atoms with van der Waals surface area (Å²) in [5, 5.41) is 3.58. The van der Waals surface area contributed by atoms with Crippen LogP contribution in [0, 0.1) is 0 Å². The molecule has 1 saturated heterocycles. The molecule has 15 heavy (non-hydrogen) atoms. The van der Waals surface area contributed by atoms with Gasteiger partial charge in [-0.25, -0.2) is 0 Å². The molecule has 1 rings (SSSR count). The number of hydrogen-bond donors (Lipinski definition) is 1. The molecule has 1 aliphatic rings. The van der Waals surface area contributed by atoms with Crippen molar-refractivity contribution in [1.82, 2.24) is 5.32 Å². The summed E-state index contributed by atoms with van der Waals surface area (Å²) < 4.78 is 10.9. The van der Waals surface area contributed by atoms with Gasteiger partial charge < -0.3 is 14.8 Å². The first-order valence-electron chi connectivity index (χ1n) is 6.32. The molecule has 1 unspecified atom stereocenters. The van der Waals surface area contributed by atoms with Crippen molar-refractivity contribution in [3.63, 3.8) is 0 Å². The van der Waals surface area contributed by atoms with Crippen molar-refractivity contribution < 1.29 is 9.47 Å². The van der Waals surface area contributed by atoms with Crippen molar-refractivity contribution in [2.24, 2.45) is 0 Å². The molecule has 1 atom stereocenters. The normalized spacial score (nSPS) is 22.6. The van der Waals surface area contributed by atoms with E-state index in [2.05, 4.69) is 12.2 Å². The lowest BCUT2D eigenvalue weighted by atomic mass is 10.1. The first kappa shape index (κ1) is 12.9. The van der Waals surface area contributed by atoms with E-state index in [0.717, 1.165) is 52.2 Å². The van der Waals surface area contributed by atoms with Gasteiger partial charge in [0.15, 0.2) is 0 Å². The van der Waals surface area contributed by atoms with Gasteiger partial charge in [0, 0.05) is 32.5 Å². The molecule has 0 aromatic carbocycles. The Hall–Kier alpha value is -0.120. The van der Waals surface area contributed by atoms with Crippen LogP contribution in [0.2, 0.25) is 0 Å². The van der Waals surface area contributed by atoms with Gasteiger partial charge in [-0.1, -0.05) is 6.92 Å². The minimum atomic E-state index is 0.665. The largest absolute Gasteiger partial charge is 0.381 e. The number of ether oxygens (including phenoxy) is 2. The lowest BCUT2D eigenvalue weighted by Crippen LogP contribution is -2.30. The zero-order valence-electron chi connectivity index (χ0n) is 9.96. The molecule has 0 spiro atoms. The summed E-state index contributed by atoms with van der Waals surface area (Å²) in [7, 11) is 0. The lowest BCUT2D eigenvalue weighted by Gasteiger charge is -2.15. The van der Waals surface area contributed by atoms with Crippen LogP contribution < -0.4 is 5.32 Å². The van der Waals surface area contributed by atoms with E-state index in [1.165, 1.54) is 12.8 Å². The third-order valence-corrected chi connectivity index (χ3v) is 2.70. The molecule has 0 bridgehead atoms. The lowest BCUT2D eigenvalue weighted by molar-refractivity contribution is 0.130. The Bertz CT molecular complexity index is 134. The highest BCUT2D eigenvalue weighted by Gasteiger charge is 2.10. The molecule has 3 nitrogen and oxygen atoms in total. The van der Waals surface area contributed by atoms with E-state index in [1.54, 1.807) is 0 Å². The molecule has 0 radical (unpaired) electrons. The molecule has 0 saturated carbocycles. The van der Waals surface area contributed by atoms with Gasteiger partial charge in [0.25, 0.3) is 0 Å². The van der Waals surface area contributed by atoms with Crippen LogP contribution >= 0.6 is 0 Å². The molecular weight excluding hydrogens is 190 g/mol. The summed E-state index contributed by atoms with van der Waals surface area (Å²) in [5.41, 5.74) is 0. The highest BCUT2D eigenvalue weighted by molar-refractivity contribution is 4.68. The Labute approximate surface area is 93.5 Å². The van der Waals surface area contributed by atoms with Crippen molar-refractivity contribution in [2.45, 2.75) is 45.1 Å². The first-order valence-corrected chi connectivity index (χ1v) is 6.32. The van der Waals surface area contributed by atoms with Crippen LogP contribution in [0.4, 0.5) is 0 Å². The fraction of sp³-hybridized carbons (Fsp3) is 1.00. The van der Waals surface area contributed by atoms with Crippen LogP contribution in [0.3, 0.4) is 0 Å². The summed E-state index contributed by atoms with van der Waals surface area (Å²) in [5.74, 6) is 0. The van der Waals surface area contributed by atoms with Gasteiger partial charge in [0.2, 0.25) is 0 Å². The maximum Gasteiger partial charge on any atom is 0.0480 e. The first-order chi connectivity index (χ1) is 7.43. The molecule has 1 fully saturated rings. The highest BCUT2D eigenvalue weighted by Crippen LogP contribution is 2.07. The van der Waals surface area contributed by atoms with E-state index in [-0.39, 0.29) is 0 Å². The van der Waals surface area contributed by atoms with Gasteiger partial charge in [-0.05, 0) is 38.6 Å². The fourth-order valence-electron chi connectivity index (χ4n) is 1.83. The minimum absolute atomic E-state index is 0.665. The van der Waals surface area contributed by atoms with E-state index in [4.69, 9.17) is 9.47 Å². The zero-order valence-corrected chi connectivity index (χ0v) is 9.96. The monoisotopic (exact) mass is 215 g/mol. The molecule has 0 aliphatic carbocycles. The van der Waals surface area contributed by atoms with E-state index >= 15 is 0 Å². The van der Waals surface area contributed by atoms with Gasteiger partial charge >= 0.3 is 0 Å². The average Bonchev–Trinajstić information content (AvgIpc) is 2.52. The number of rotatable bonds is 7. The maximum absolute atomic E-state index is 5.43. The molecule has 3 heteroatoms. The van der Waals surface area contributed by atoms with Crippen LogP contribution in [0.15, 0.2) is 0 Å². The number of nitrogens with one attached hydrogen (secondary N) is 1. The summed E-state index contributed by atoms with van der Waals surface area (Å²) in [6, 6.07) is 0.665. The quantitative estimate of drug-likeness (QED) is 0.659. The summed E-state index contributed by atoms with van der Waals surface area (Å²) in [6.45, 7) is 6.88. The second-order valence-electron chi connectivity index (χ2n) is 4.16. The van der Waals surface area contributed by atoms with E-state index in [1.807, 2.05) is 0 Å². The minimum Gasteiger partial charge on any atom is -0.381 e. The van der Waals surface area contributed by atoms with Gasteiger partial charge in [-0.15, -0.1) is 0 Å². The molecule has 90 valence electrons. The van der Waals surface area contributed by atoms with Crippen molar-refractivity contribution in [3.05, 3.63) is 0 Å². The third-order valence-electron chi connectivity index (χ3n) is 2.70. The second kappa shape index (κ2) is 9.13. The van der Waals surface area contributed by atoms with E-state index < -0.39 is 0 Å². The Morgan fingerprint density at radius 2 is 2.20 bits per heavy atom. The Kier molecular flexibility index (Phi) is 7.88. The van der Waals surface area contributed by atoms with Crippen LogP contribution in [-0.2, 0) is 9.47 Å². The highest BCUT2D eigenvalue weighted by atomic mass is 16.5. The van der Waals surface area contributed by atoms with Crippen LogP contribution in [0.1, 0.15) is 39.0 Å². The Morgan fingerprint density at radius 1 is 1.27 bits per heavy atom. The Morgan fingerprint density at radius 3 is 3.07 bits per heavy atom. The number of hydrogen-bond acceptors (Lipinski definition) is 3. The van der Waals surface area contributed by atoms with Gasteiger partial charge in [-0.3, -0.25) is 0 Å². The molecule has 0 aromatic rings. The van der Waals surface area contributed by atoms with Gasteiger partial charge in [0.05, 0.1) is 0 Å². The third kappa shape index (κ3) is 6.88. The van der Waals surface area contributed by atoms with Crippen LogP contribution in [-0.4, -0.2) is 39.0 Å². The SMILES string of the molecule is CCCOCCCNC1CCCOCC1. The summed E-state index contributed by atoms with van der Waals surface area (Å²) in [4.78, 5) is 0. The predicted molar refractivity (Wildman–Crippen MR) is 62.2 cm³/mol. The van der Waals surface area contributed by atoms with Crippen molar-refractivity contribution >= 4 is 0 Å². The molecular formula is C12H25NO2. The zero-order chi connectivity index (χ0) is 10.8. The molecule has 1 aliphatic heterocycles. The Balaban J connectivity index is 1.89. The van der Waals surface area contributed by atoms with Crippen LogP contribution in [0.5, 0.6) is 0 Å². The predicted octanol–water partition coefficient (Wildman–Crippen LogP) is 1.96. The van der Waals surface area contributed by atoms with Gasteiger partial charge in [0.1, 0.15) is 0 Å². The fourth-order valence-corrected chi connectivity index (χ4v) is 1.83. The standard InChI is InChI=1S/C12H25NO2/c1-2-8-14-10-4-7-13-12-5-3-9-15-11-6-12/h12-13H,2-11H2,1H3. The molecule has 0 aromatic heterocycles. The van der Waals surface area contributed by atoms with E-state index in [9.17, 15) is 0 Å². The maximum atomic E-state index is 5.43. The van der Waals surface area contributed by atoms with Crippen molar-refractivity contribution in [2.75, 3.05) is 33.0 Å². The summed E-state index contributed by atoms with van der Waals surface area (Å²) in [6.07, 6.45) is 5.86. The second-order valence-corrected chi connectivity index (χ2v) is 4.16. The molecule has 0 amide bonds. The smallest absolute Gasteiger partial charge is 0.0480 e. The van der Waals surface area contributed by atoms with Gasteiger partial charge in [-0.2, -0.15) is 0 Å².